The molecule has 2 atom stereocenters. The summed E-state index contributed by atoms with van der Waals surface area (Å²) in [7, 11) is 0. The van der Waals surface area contributed by atoms with Crippen molar-refractivity contribution in [2.24, 2.45) is 0 Å². The molecule has 8 rings (SSSR count). The Labute approximate surface area is 316 Å². The van der Waals surface area contributed by atoms with Crippen molar-refractivity contribution in [2.45, 2.75) is 63.8 Å². The number of carbonyl (C=O) groups excluding carboxylic acids is 2. The van der Waals surface area contributed by atoms with E-state index in [0.29, 0.717) is 18.8 Å². The van der Waals surface area contributed by atoms with E-state index in [1.807, 2.05) is 123 Å². The first kappa shape index (κ1) is 34.9. The molecule has 0 bridgehead atoms. The minimum absolute atomic E-state index is 0.103. The van der Waals surface area contributed by atoms with Crippen molar-refractivity contribution in [3.8, 4) is 28.1 Å². The van der Waals surface area contributed by atoms with E-state index in [1.165, 1.54) is 5.56 Å². The van der Waals surface area contributed by atoms with E-state index in [-0.39, 0.29) is 36.5 Å². The number of alkyl carbamates (subject to hydrolysis) is 1. The number of hydrogen-bond acceptors (Lipinski definition) is 5. The van der Waals surface area contributed by atoms with Crippen molar-refractivity contribution in [3.05, 3.63) is 167 Å². The lowest BCUT2D eigenvalue weighted by Gasteiger charge is -2.38. The lowest BCUT2D eigenvalue weighted by atomic mass is 9.92. The highest BCUT2D eigenvalue weighted by atomic mass is 16.5. The quantitative estimate of drug-likeness (QED) is 0.156. The molecule has 0 unspecified atom stereocenters. The first-order chi connectivity index (χ1) is 26.2. The molecule has 2 aliphatic rings. The van der Waals surface area contributed by atoms with Crippen LogP contribution in [0.4, 0.5) is 4.79 Å². The SMILES string of the molecule is CC(C)(C)Oc1ccc(C[C@H](NC(=O)OCC2c3ccccc3-c3ccccc32)C(=O)N2Cc3ccccc3C[C@H]2c2nc(-c3ccccc3)c[nH]2)cc1. The fraction of sp³-hybridized carbons (Fsp3) is 0.239. The van der Waals surface area contributed by atoms with Gasteiger partial charge < -0.3 is 24.7 Å². The number of carbonyl (C=O) groups is 2. The van der Waals surface area contributed by atoms with Gasteiger partial charge in [0.25, 0.3) is 0 Å². The summed E-state index contributed by atoms with van der Waals surface area (Å²) in [4.78, 5) is 38.9. The van der Waals surface area contributed by atoms with Crippen LogP contribution in [0.5, 0.6) is 5.75 Å². The molecule has 54 heavy (non-hydrogen) atoms. The number of hydrogen-bond donors (Lipinski definition) is 2. The van der Waals surface area contributed by atoms with Gasteiger partial charge in [0.1, 0.15) is 29.8 Å². The summed E-state index contributed by atoms with van der Waals surface area (Å²) in [6, 6.07) is 41.1. The van der Waals surface area contributed by atoms with Crippen LogP contribution in [0.2, 0.25) is 0 Å². The molecule has 0 spiro atoms. The number of fused-ring (bicyclic) bond motifs is 4. The highest BCUT2D eigenvalue weighted by Crippen LogP contribution is 2.44. The van der Waals surface area contributed by atoms with E-state index in [1.54, 1.807) is 0 Å². The van der Waals surface area contributed by atoms with Gasteiger partial charge in [-0.2, -0.15) is 0 Å². The van der Waals surface area contributed by atoms with Crippen LogP contribution in [0.1, 0.15) is 66.4 Å². The van der Waals surface area contributed by atoms with Crippen molar-refractivity contribution >= 4 is 12.0 Å². The van der Waals surface area contributed by atoms with Crippen LogP contribution in [0, 0.1) is 0 Å². The zero-order chi connectivity index (χ0) is 37.2. The number of benzene rings is 5. The smallest absolute Gasteiger partial charge is 0.407 e. The molecule has 272 valence electrons. The van der Waals surface area contributed by atoms with Gasteiger partial charge in [0.15, 0.2) is 0 Å². The van der Waals surface area contributed by atoms with Gasteiger partial charge in [0.05, 0.1) is 11.7 Å². The minimum Gasteiger partial charge on any atom is -0.488 e. The molecule has 8 nitrogen and oxygen atoms in total. The third-order valence-electron chi connectivity index (χ3n) is 10.2. The lowest BCUT2D eigenvalue weighted by molar-refractivity contribution is -0.137. The van der Waals surface area contributed by atoms with Crippen LogP contribution in [0.25, 0.3) is 22.4 Å². The van der Waals surface area contributed by atoms with Gasteiger partial charge in [-0.3, -0.25) is 4.79 Å². The molecule has 0 radical (unpaired) electrons. The zero-order valence-corrected chi connectivity index (χ0v) is 30.8. The molecule has 0 saturated heterocycles. The van der Waals surface area contributed by atoms with Crippen molar-refractivity contribution in [1.29, 1.82) is 0 Å². The van der Waals surface area contributed by atoms with Crippen molar-refractivity contribution < 1.29 is 19.1 Å². The first-order valence-electron chi connectivity index (χ1n) is 18.6. The molecule has 5 aromatic carbocycles. The van der Waals surface area contributed by atoms with Crippen molar-refractivity contribution in [2.75, 3.05) is 6.61 Å². The maximum Gasteiger partial charge on any atom is 0.407 e. The Morgan fingerprint density at radius 3 is 2.13 bits per heavy atom. The predicted molar refractivity (Wildman–Crippen MR) is 210 cm³/mol. The van der Waals surface area contributed by atoms with Crippen LogP contribution < -0.4 is 10.1 Å². The van der Waals surface area contributed by atoms with Gasteiger partial charge in [-0.05, 0) is 71.8 Å². The second kappa shape index (κ2) is 14.7. The molecule has 6 aromatic rings. The topological polar surface area (TPSA) is 96.5 Å². The third kappa shape index (κ3) is 7.37. The van der Waals surface area contributed by atoms with Crippen LogP contribution >= 0.6 is 0 Å². The summed E-state index contributed by atoms with van der Waals surface area (Å²) in [5.41, 5.74) is 9.12. The van der Waals surface area contributed by atoms with Crippen LogP contribution in [0.3, 0.4) is 0 Å². The summed E-state index contributed by atoms with van der Waals surface area (Å²) in [5, 5.41) is 3.00. The maximum atomic E-state index is 14.9. The fourth-order valence-corrected chi connectivity index (χ4v) is 7.73. The average Bonchev–Trinajstić information content (AvgIpc) is 3.80. The normalized spacial score (nSPS) is 15.5. The molecule has 2 amide bonds. The largest absolute Gasteiger partial charge is 0.488 e. The molecule has 8 heteroatoms. The van der Waals surface area contributed by atoms with E-state index in [2.05, 4.69) is 46.7 Å². The second-order valence-electron chi connectivity index (χ2n) is 15.1. The first-order valence-corrected chi connectivity index (χ1v) is 18.6. The Morgan fingerprint density at radius 1 is 0.815 bits per heavy atom. The van der Waals surface area contributed by atoms with E-state index >= 15 is 0 Å². The van der Waals surface area contributed by atoms with Crippen molar-refractivity contribution in [3.63, 3.8) is 0 Å². The predicted octanol–water partition coefficient (Wildman–Crippen LogP) is 9.03. The second-order valence-corrected chi connectivity index (χ2v) is 15.1. The van der Waals surface area contributed by atoms with Gasteiger partial charge in [0, 0.05) is 37.1 Å². The van der Waals surface area contributed by atoms with E-state index < -0.39 is 12.1 Å². The number of nitrogens with one attached hydrogen (secondary N) is 2. The highest BCUT2D eigenvalue weighted by Gasteiger charge is 2.37. The molecular weight excluding hydrogens is 673 g/mol. The lowest BCUT2D eigenvalue weighted by Crippen LogP contribution is -2.52. The number of ether oxygens (including phenoxy) is 2. The van der Waals surface area contributed by atoms with E-state index in [4.69, 9.17) is 14.5 Å². The standard InChI is InChI=1S/C46H44N4O4/c1-46(2,3)54-34-23-21-30(22-24-34)25-40(49-45(52)53-29-39-37-19-11-9-17-35(37)36-18-10-12-20-38(36)39)44(51)50-28-33-16-8-7-15-32(33)26-42(50)43-47-27-41(48-43)31-13-5-4-6-14-31/h4-24,27,39-40,42H,25-26,28-29H2,1-3H3,(H,47,48)(H,49,52)/t40-,42-/m0/s1. The summed E-state index contributed by atoms with van der Waals surface area (Å²) in [6.45, 7) is 6.53. The monoisotopic (exact) mass is 716 g/mol. The Morgan fingerprint density at radius 2 is 1.44 bits per heavy atom. The van der Waals surface area contributed by atoms with E-state index in [9.17, 15) is 9.59 Å². The Bertz CT molecular complexity index is 2230. The summed E-state index contributed by atoms with van der Waals surface area (Å²) < 4.78 is 12.0. The maximum absolute atomic E-state index is 14.9. The Hall–Kier alpha value is -6.15. The number of imidazole rings is 1. The molecule has 1 aliphatic heterocycles. The van der Waals surface area contributed by atoms with Crippen LogP contribution in [-0.2, 0) is 28.9 Å². The molecule has 1 aromatic heterocycles. The van der Waals surface area contributed by atoms with Gasteiger partial charge in [-0.1, -0.05) is 115 Å². The highest BCUT2D eigenvalue weighted by molar-refractivity contribution is 5.87. The molecule has 2 heterocycles. The third-order valence-corrected chi connectivity index (χ3v) is 10.2. The van der Waals surface area contributed by atoms with Gasteiger partial charge in [-0.25, -0.2) is 9.78 Å². The number of amides is 2. The number of aromatic nitrogens is 2. The summed E-state index contributed by atoms with van der Waals surface area (Å²) >= 11 is 0. The average molecular weight is 717 g/mol. The molecular formula is C46H44N4O4. The Balaban J connectivity index is 1.08. The molecule has 0 fully saturated rings. The zero-order valence-electron chi connectivity index (χ0n) is 30.8. The Kier molecular flexibility index (Phi) is 9.50. The van der Waals surface area contributed by atoms with E-state index in [0.717, 1.165) is 50.4 Å². The fourth-order valence-electron chi connectivity index (χ4n) is 7.73. The summed E-state index contributed by atoms with van der Waals surface area (Å²) in [5.74, 6) is 1.11. The minimum atomic E-state index is -0.911. The number of rotatable bonds is 9. The van der Waals surface area contributed by atoms with Gasteiger partial charge >= 0.3 is 6.09 Å². The molecule has 1 aliphatic carbocycles. The van der Waals surface area contributed by atoms with Crippen LogP contribution in [0.15, 0.2) is 134 Å². The van der Waals surface area contributed by atoms with Gasteiger partial charge in [0.2, 0.25) is 5.91 Å². The molecule has 2 N–H and O–H groups in total. The number of H-pyrrole nitrogens is 1. The number of nitrogens with zero attached hydrogens (tertiary/aromatic N) is 2. The van der Waals surface area contributed by atoms with Crippen molar-refractivity contribution in [1.82, 2.24) is 20.2 Å². The number of aromatic amines is 1. The van der Waals surface area contributed by atoms with Crippen LogP contribution in [-0.4, -0.2) is 45.1 Å². The molecule has 0 saturated carbocycles. The van der Waals surface area contributed by atoms with Gasteiger partial charge in [-0.15, -0.1) is 0 Å². The summed E-state index contributed by atoms with van der Waals surface area (Å²) in [6.07, 6.45) is 2.10.